The van der Waals surface area contributed by atoms with Gasteiger partial charge >= 0.3 is 6.09 Å². The summed E-state index contributed by atoms with van der Waals surface area (Å²) in [7, 11) is 0. The summed E-state index contributed by atoms with van der Waals surface area (Å²) in [6, 6.07) is 1.89. The van der Waals surface area contributed by atoms with Gasteiger partial charge in [-0.25, -0.2) is 18.6 Å². The average molecular weight is 420 g/mol. The number of nitrogens with one attached hydrogen (secondary N) is 2. The number of alkyl carbamates (subject to hydrolysis) is 1. The second-order valence-corrected chi connectivity index (χ2v) is 8.39. The van der Waals surface area contributed by atoms with Gasteiger partial charge < -0.3 is 14.6 Å². The summed E-state index contributed by atoms with van der Waals surface area (Å²) in [5.74, 6) is -0.547. The van der Waals surface area contributed by atoms with Gasteiger partial charge in [0.2, 0.25) is 0 Å². The molecule has 0 bridgehead atoms. The fraction of sp³-hybridized carbons (Fsp3) is 0.476. The summed E-state index contributed by atoms with van der Waals surface area (Å²) < 4.78 is 34.9. The van der Waals surface area contributed by atoms with Crippen LogP contribution in [-0.4, -0.2) is 39.1 Å². The van der Waals surface area contributed by atoms with Crippen LogP contribution in [0.4, 0.5) is 13.6 Å². The standard InChI is InChI=1S/C21H26F2N4O3/c1-21(2,3)30-20(29)26-15(9-13-8-14(22)4-5-16(13)23)10-18(28)17-11-19-24-6-7-27(19)12-25-17/h4-8,15,17,25H,9-12H2,1-3H3,(H,26,29). The van der Waals surface area contributed by atoms with Crippen LogP contribution < -0.4 is 10.6 Å². The van der Waals surface area contributed by atoms with Gasteiger partial charge in [-0.2, -0.15) is 0 Å². The van der Waals surface area contributed by atoms with Crippen LogP contribution in [0.1, 0.15) is 38.6 Å². The van der Waals surface area contributed by atoms with Crippen LogP contribution in [0.15, 0.2) is 30.6 Å². The van der Waals surface area contributed by atoms with Crippen LogP contribution in [0.5, 0.6) is 0 Å². The van der Waals surface area contributed by atoms with E-state index in [4.69, 9.17) is 4.74 Å². The van der Waals surface area contributed by atoms with Crippen LogP contribution in [0.25, 0.3) is 0 Å². The van der Waals surface area contributed by atoms with Gasteiger partial charge in [0.15, 0.2) is 5.78 Å². The molecular weight excluding hydrogens is 394 g/mol. The maximum atomic E-state index is 14.1. The number of nitrogens with zero attached hydrogens (tertiary/aromatic N) is 2. The number of carbonyl (C=O) groups excluding carboxylic acids is 2. The van der Waals surface area contributed by atoms with Gasteiger partial charge in [-0.05, 0) is 51.0 Å². The Morgan fingerprint density at radius 2 is 2.13 bits per heavy atom. The Bertz CT molecular complexity index is 923. The minimum Gasteiger partial charge on any atom is -0.444 e. The van der Waals surface area contributed by atoms with Gasteiger partial charge in [0.05, 0.1) is 12.7 Å². The molecule has 0 fully saturated rings. The van der Waals surface area contributed by atoms with Crippen molar-refractivity contribution in [3.63, 3.8) is 0 Å². The quantitative estimate of drug-likeness (QED) is 0.751. The van der Waals surface area contributed by atoms with E-state index in [0.717, 1.165) is 24.0 Å². The molecule has 1 aromatic heterocycles. The molecule has 2 heterocycles. The van der Waals surface area contributed by atoms with Crippen LogP contribution in [0.3, 0.4) is 0 Å². The minimum atomic E-state index is -0.757. The summed E-state index contributed by atoms with van der Waals surface area (Å²) >= 11 is 0. The third-order valence-corrected chi connectivity index (χ3v) is 4.73. The zero-order chi connectivity index (χ0) is 21.9. The number of hydrogen-bond donors (Lipinski definition) is 2. The van der Waals surface area contributed by atoms with E-state index >= 15 is 0 Å². The SMILES string of the molecule is CC(C)(C)OC(=O)NC(CC(=O)C1Cc2nccn2CN1)Cc1cc(F)ccc1F. The first-order chi connectivity index (χ1) is 14.1. The smallest absolute Gasteiger partial charge is 0.407 e. The van der Waals surface area contributed by atoms with Gasteiger partial charge in [0.25, 0.3) is 0 Å². The number of imidazole rings is 1. The van der Waals surface area contributed by atoms with Crippen molar-refractivity contribution >= 4 is 11.9 Å². The number of amides is 1. The molecule has 1 aliphatic heterocycles. The van der Waals surface area contributed by atoms with Gasteiger partial charge in [0, 0.05) is 31.3 Å². The molecule has 7 nitrogen and oxygen atoms in total. The molecule has 30 heavy (non-hydrogen) atoms. The molecule has 1 aliphatic rings. The van der Waals surface area contributed by atoms with Crippen molar-refractivity contribution in [2.24, 2.45) is 0 Å². The van der Waals surface area contributed by atoms with Gasteiger partial charge in [-0.3, -0.25) is 10.1 Å². The normalized spacial score (nSPS) is 17.2. The van der Waals surface area contributed by atoms with Crippen LogP contribution in [0.2, 0.25) is 0 Å². The van der Waals surface area contributed by atoms with E-state index in [1.165, 1.54) is 0 Å². The molecule has 2 aromatic rings. The molecule has 1 aromatic carbocycles. The third-order valence-electron chi connectivity index (χ3n) is 4.73. The number of aromatic nitrogens is 2. The maximum Gasteiger partial charge on any atom is 0.407 e. The third kappa shape index (κ3) is 5.85. The summed E-state index contributed by atoms with van der Waals surface area (Å²) in [6.07, 6.45) is 3.08. The Hall–Kier alpha value is -2.81. The van der Waals surface area contributed by atoms with Crippen molar-refractivity contribution in [2.75, 3.05) is 0 Å². The van der Waals surface area contributed by atoms with Crippen molar-refractivity contribution in [2.45, 2.75) is 64.4 Å². The molecule has 3 rings (SSSR count). The maximum absolute atomic E-state index is 14.1. The Morgan fingerprint density at radius 3 is 2.87 bits per heavy atom. The Labute approximate surface area is 173 Å². The van der Waals surface area contributed by atoms with Gasteiger partial charge in [-0.15, -0.1) is 0 Å². The highest BCUT2D eigenvalue weighted by Crippen LogP contribution is 2.17. The predicted octanol–water partition coefficient (Wildman–Crippen LogP) is 2.73. The van der Waals surface area contributed by atoms with E-state index in [1.807, 2.05) is 10.8 Å². The van der Waals surface area contributed by atoms with Crippen molar-refractivity contribution < 1.29 is 23.1 Å². The number of carbonyl (C=O) groups is 2. The Kier molecular flexibility index (Phi) is 6.50. The number of rotatable bonds is 6. The number of Topliss-reactive ketones (excluding diaryl/α,β-unsaturated/α-hetero) is 1. The topological polar surface area (TPSA) is 85.2 Å². The Morgan fingerprint density at radius 1 is 1.37 bits per heavy atom. The molecule has 162 valence electrons. The second kappa shape index (κ2) is 8.91. The van der Waals surface area contributed by atoms with E-state index in [1.54, 1.807) is 27.0 Å². The summed E-state index contributed by atoms with van der Waals surface area (Å²) in [6.45, 7) is 5.60. The highest BCUT2D eigenvalue weighted by Gasteiger charge is 2.29. The Balaban J connectivity index is 1.72. The molecule has 9 heteroatoms. The van der Waals surface area contributed by atoms with E-state index in [9.17, 15) is 18.4 Å². The van der Waals surface area contributed by atoms with Crippen molar-refractivity contribution in [1.29, 1.82) is 0 Å². The lowest BCUT2D eigenvalue weighted by atomic mass is 9.96. The number of benzene rings is 1. The zero-order valence-corrected chi connectivity index (χ0v) is 17.2. The number of fused-ring (bicyclic) bond motifs is 1. The molecule has 0 spiro atoms. The van der Waals surface area contributed by atoms with Crippen LogP contribution in [0, 0.1) is 11.6 Å². The summed E-state index contributed by atoms with van der Waals surface area (Å²) in [5.41, 5.74) is -0.652. The average Bonchev–Trinajstić information content (AvgIpc) is 3.10. The number of hydrogen-bond acceptors (Lipinski definition) is 5. The van der Waals surface area contributed by atoms with E-state index < -0.39 is 35.4 Å². The number of ketones is 1. The molecule has 2 N–H and O–H groups in total. The molecule has 0 saturated heterocycles. The van der Waals surface area contributed by atoms with Crippen molar-refractivity contribution in [3.8, 4) is 0 Å². The highest BCUT2D eigenvalue weighted by molar-refractivity contribution is 5.85. The zero-order valence-electron chi connectivity index (χ0n) is 17.2. The van der Waals surface area contributed by atoms with Gasteiger partial charge in [-0.1, -0.05) is 0 Å². The molecule has 0 radical (unpaired) electrons. The van der Waals surface area contributed by atoms with E-state index in [0.29, 0.717) is 13.1 Å². The lowest BCUT2D eigenvalue weighted by molar-refractivity contribution is -0.122. The first-order valence-corrected chi connectivity index (χ1v) is 9.80. The molecule has 0 aliphatic carbocycles. The summed E-state index contributed by atoms with van der Waals surface area (Å²) in [4.78, 5) is 29.4. The number of halogens is 2. The van der Waals surface area contributed by atoms with Crippen LogP contribution in [-0.2, 0) is 29.0 Å². The fourth-order valence-corrected chi connectivity index (χ4v) is 3.36. The minimum absolute atomic E-state index is 0.0457. The second-order valence-electron chi connectivity index (χ2n) is 8.39. The van der Waals surface area contributed by atoms with Crippen molar-refractivity contribution in [3.05, 3.63) is 53.6 Å². The monoisotopic (exact) mass is 420 g/mol. The lowest BCUT2D eigenvalue weighted by Gasteiger charge is -2.27. The first-order valence-electron chi connectivity index (χ1n) is 9.80. The molecule has 2 unspecified atom stereocenters. The molecule has 0 saturated carbocycles. The summed E-state index contributed by atoms with van der Waals surface area (Å²) in [5, 5.41) is 5.77. The highest BCUT2D eigenvalue weighted by atomic mass is 19.1. The van der Waals surface area contributed by atoms with Crippen molar-refractivity contribution in [1.82, 2.24) is 20.2 Å². The predicted molar refractivity (Wildman–Crippen MR) is 106 cm³/mol. The molecule has 1 amide bonds. The molecule has 2 atom stereocenters. The number of ether oxygens (including phenoxy) is 1. The van der Waals surface area contributed by atoms with Gasteiger partial charge in [0.1, 0.15) is 23.1 Å². The fourth-order valence-electron chi connectivity index (χ4n) is 3.36. The molecular formula is C21H26F2N4O3. The largest absolute Gasteiger partial charge is 0.444 e. The van der Waals surface area contributed by atoms with E-state index in [2.05, 4.69) is 15.6 Å². The lowest BCUT2D eigenvalue weighted by Crippen LogP contribution is -2.48. The first kappa shape index (κ1) is 21.9. The van der Waals surface area contributed by atoms with E-state index in [-0.39, 0.29) is 24.2 Å². The van der Waals surface area contributed by atoms with Crippen LogP contribution >= 0.6 is 0 Å².